The number of rotatable bonds is 9. The molecule has 1 aliphatic rings. The van der Waals surface area contributed by atoms with Gasteiger partial charge in [-0.15, -0.1) is 0 Å². The van der Waals surface area contributed by atoms with Gasteiger partial charge >= 0.3 is 5.97 Å². The highest BCUT2D eigenvalue weighted by Crippen LogP contribution is 2.28. The van der Waals surface area contributed by atoms with Crippen LogP contribution in [0.1, 0.15) is 38.7 Å². The molecule has 0 fully saturated rings. The van der Waals surface area contributed by atoms with Crippen LogP contribution in [0.3, 0.4) is 0 Å². The van der Waals surface area contributed by atoms with E-state index in [0.29, 0.717) is 17.7 Å². The molecule has 10 heteroatoms. The van der Waals surface area contributed by atoms with E-state index in [0.717, 1.165) is 10.6 Å². The number of hydrogen-bond acceptors (Lipinski definition) is 6. The maximum Gasteiger partial charge on any atom is 0.303 e. The average molecular weight is 468 g/mol. The summed E-state index contributed by atoms with van der Waals surface area (Å²) in [4.78, 5) is 19.8. The first kappa shape index (κ1) is 25.7. The Bertz CT molecular complexity index is 1000. The van der Waals surface area contributed by atoms with Gasteiger partial charge in [0.2, 0.25) is 16.0 Å². The highest BCUT2D eigenvalue weighted by Gasteiger charge is 2.34. The predicted octanol–water partition coefficient (Wildman–Crippen LogP) is 2.69. The molecule has 2 N–H and O–H groups in total. The average Bonchev–Trinajstić information content (AvgIpc) is 2.70. The van der Waals surface area contributed by atoms with Crippen molar-refractivity contribution in [2.45, 2.75) is 45.3 Å². The number of hydrogen-bond donors (Lipinski definition) is 2. The Labute approximate surface area is 188 Å². The van der Waals surface area contributed by atoms with Crippen LogP contribution in [0.15, 0.2) is 46.4 Å². The van der Waals surface area contributed by atoms with Crippen LogP contribution in [-0.2, 0) is 14.8 Å². The van der Waals surface area contributed by atoms with Crippen LogP contribution in [0.25, 0.3) is 0 Å². The SMILES string of the molecule is CC(C)C1N=C(N(C)S(C)(=O)=O)N=C(c2ccc(F)cc2)C1/C=C/[C@@H](O)CCCC(=O)O. The van der Waals surface area contributed by atoms with Crippen molar-refractivity contribution in [3.05, 3.63) is 47.8 Å². The fourth-order valence-corrected chi connectivity index (χ4v) is 3.72. The summed E-state index contributed by atoms with van der Waals surface area (Å²) in [5, 5.41) is 19.0. The van der Waals surface area contributed by atoms with E-state index in [4.69, 9.17) is 5.11 Å². The first-order chi connectivity index (χ1) is 14.9. The first-order valence-corrected chi connectivity index (χ1v) is 12.2. The van der Waals surface area contributed by atoms with Crippen molar-refractivity contribution in [1.82, 2.24) is 4.31 Å². The summed E-state index contributed by atoms with van der Waals surface area (Å²) < 4.78 is 38.7. The Balaban J connectivity index is 2.45. The predicted molar refractivity (Wildman–Crippen MR) is 122 cm³/mol. The number of aliphatic hydroxyl groups excluding tert-OH is 1. The lowest BCUT2D eigenvalue weighted by molar-refractivity contribution is -0.137. The first-order valence-electron chi connectivity index (χ1n) is 10.3. The van der Waals surface area contributed by atoms with Crippen LogP contribution in [0.5, 0.6) is 0 Å². The molecule has 0 radical (unpaired) electrons. The maximum atomic E-state index is 13.5. The molecule has 0 saturated heterocycles. The van der Waals surface area contributed by atoms with E-state index in [1.54, 1.807) is 24.3 Å². The molecule has 1 aromatic rings. The van der Waals surface area contributed by atoms with Crippen molar-refractivity contribution in [2.24, 2.45) is 21.8 Å². The highest BCUT2D eigenvalue weighted by molar-refractivity contribution is 7.88. The van der Waals surface area contributed by atoms with E-state index in [2.05, 4.69) is 9.98 Å². The zero-order valence-corrected chi connectivity index (χ0v) is 19.5. The van der Waals surface area contributed by atoms with Crippen LogP contribution in [-0.4, -0.2) is 66.0 Å². The largest absolute Gasteiger partial charge is 0.481 e. The van der Waals surface area contributed by atoms with Gasteiger partial charge in [-0.25, -0.2) is 27.1 Å². The molecule has 0 spiro atoms. The summed E-state index contributed by atoms with van der Waals surface area (Å²) in [7, 11) is -2.22. The van der Waals surface area contributed by atoms with Crippen LogP contribution < -0.4 is 0 Å². The van der Waals surface area contributed by atoms with Gasteiger partial charge in [0.25, 0.3) is 0 Å². The number of nitrogens with zero attached hydrogens (tertiary/aromatic N) is 3. The summed E-state index contributed by atoms with van der Waals surface area (Å²) in [6, 6.07) is 5.36. The van der Waals surface area contributed by atoms with Crippen molar-refractivity contribution in [2.75, 3.05) is 13.3 Å². The van der Waals surface area contributed by atoms with Crippen LogP contribution in [0.2, 0.25) is 0 Å². The quantitative estimate of drug-likeness (QED) is 0.541. The standard InChI is InChI=1S/C22H30FN3O5S/c1-14(2)20-18(13-12-17(27)6-5-7-19(28)29)21(15-8-10-16(23)11-9-15)25-22(24-20)26(3)32(4,30)31/h8-14,17-18,20,27H,5-7H2,1-4H3,(H,28,29)/b13-12+/t17-,18?,20?/m0/s1. The molecule has 0 amide bonds. The van der Waals surface area contributed by atoms with Gasteiger partial charge in [-0.05, 0) is 36.5 Å². The minimum Gasteiger partial charge on any atom is -0.481 e. The monoisotopic (exact) mass is 467 g/mol. The third-order valence-electron chi connectivity index (χ3n) is 5.20. The van der Waals surface area contributed by atoms with Crippen LogP contribution >= 0.6 is 0 Å². The van der Waals surface area contributed by atoms with Crippen LogP contribution in [0, 0.1) is 17.7 Å². The van der Waals surface area contributed by atoms with Gasteiger partial charge in [0.05, 0.1) is 24.1 Å². The van der Waals surface area contributed by atoms with Crippen molar-refractivity contribution < 1.29 is 27.8 Å². The van der Waals surface area contributed by atoms with E-state index < -0.39 is 33.8 Å². The minimum atomic E-state index is -3.59. The molecule has 0 aliphatic carbocycles. The summed E-state index contributed by atoms with van der Waals surface area (Å²) in [6.45, 7) is 3.90. The molecule has 176 valence electrons. The van der Waals surface area contributed by atoms with Gasteiger partial charge in [0.15, 0.2) is 0 Å². The number of carboxylic acids is 1. The van der Waals surface area contributed by atoms with Gasteiger partial charge in [0.1, 0.15) is 5.82 Å². The molecule has 2 rings (SSSR count). The Morgan fingerprint density at radius 3 is 2.44 bits per heavy atom. The summed E-state index contributed by atoms with van der Waals surface area (Å²) >= 11 is 0. The number of halogens is 1. The number of carboxylic acid groups (broad SMARTS) is 1. The molecule has 2 unspecified atom stereocenters. The Morgan fingerprint density at radius 1 is 1.28 bits per heavy atom. The van der Waals surface area contributed by atoms with Gasteiger partial charge in [-0.2, -0.15) is 0 Å². The molecular formula is C22H30FN3O5S. The van der Waals surface area contributed by atoms with Crippen molar-refractivity contribution >= 4 is 27.7 Å². The van der Waals surface area contributed by atoms with Crippen molar-refractivity contribution in [1.29, 1.82) is 0 Å². The summed E-state index contributed by atoms with van der Waals surface area (Å²) in [6.07, 6.45) is 4.15. The number of aliphatic carboxylic acids is 1. The number of sulfonamides is 1. The highest BCUT2D eigenvalue weighted by atomic mass is 32.2. The number of benzene rings is 1. The normalized spacial score (nSPS) is 20.2. The molecule has 0 saturated carbocycles. The number of aliphatic imine (C=N–C) groups is 2. The molecule has 8 nitrogen and oxygen atoms in total. The fourth-order valence-electron chi connectivity index (χ4n) is 3.34. The molecule has 1 heterocycles. The van der Waals surface area contributed by atoms with Gasteiger partial charge in [-0.3, -0.25) is 4.79 Å². The van der Waals surface area contributed by atoms with E-state index in [9.17, 15) is 22.7 Å². The lowest BCUT2D eigenvalue weighted by Gasteiger charge is -2.32. The molecule has 3 atom stereocenters. The molecule has 0 aromatic heterocycles. The maximum absolute atomic E-state index is 13.5. The Morgan fingerprint density at radius 2 is 1.91 bits per heavy atom. The van der Waals surface area contributed by atoms with Gasteiger partial charge in [-0.1, -0.05) is 38.1 Å². The summed E-state index contributed by atoms with van der Waals surface area (Å²) in [5.41, 5.74) is 1.12. The zero-order valence-electron chi connectivity index (χ0n) is 18.6. The van der Waals surface area contributed by atoms with E-state index in [-0.39, 0.29) is 30.8 Å². The topological polar surface area (TPSA) is 120 Å². The molecule has 32 heavy (non-hydrogen) atoms. The second-order valence-corrected chi connectivity index (χ2v) is 10.2. The molecular weight excluding hydrogens is 437 g/mol. The van der Waals surface area contributed by atoms with E-state index in [1.807, 2.05) is 13.8 Å². The molecule has 0 bridgehead atoms. The van der Waals surface area contributed by atoms with E-state index >= 15 is 0 Å². The van der Waals surface area contributed by atoms with Crippen LogP contribution in [0.4, 0.5) is 4.39 Å². The van der Waals surface area contributed by atoms with Crippen molar-refractivity contribution in [3.8, 4) is 0 Å². The zero-order chi connectivity index (χ0) is 24.1. The second-order valence-electron chi connectivity index (χ2n) is 8.16. The van der Waals surface area contributed by atoms with E-state index in [1.165, 1.54) is 19.2 Å². The fraction of sp³-hybridized carbons (Fsp3) is 0.500. The minimum absolute atomic E-state index is 0.00251. The Kier molecular flexibility index (Phi) is 8.68. The lowest BCUT2D eigenvalue weighted by atomic mass is 9.83. The molecule has 1 aromatic carbocycles. The smallest absolute Gasteiger partial charge is 0.303 e. The number of guanidine groups is 1. The van der Waals surface area contributed by atoms with Gasteiger partial charge < -0.3 is 10.2 Å². The third kappa shape index (κ3) is 6.96. The number of aliphatic hydroxyl groups is 1. The second kappa shape index (κ2) is 10.8. The third-order valence-corrected chi connectivity index (χ3v) is 6.36. The summed E-state index contributed by atoms with van der Waals surface area (Å²) in [5.74, 6) is -1.68. The number of carbonyl (C=O) groups is 1. The lowest BCUT2D eigenvalue weighted by Crippen LogP contribution is -2.41. The van der Waals surface area contributed by atoms with Gasteiger partial charge in [0, 0.05) is 19.4 Å². The molecule has 1 aliphatic heterocycles. The van der Waals surface area contributed by atoms with Crippen molar-refractivity contribution in [3.63, 3.8) is 0 Å². The Hall–Kier alpha value is -2.59.